The molecule has 0 aromatic rings. The molecule has 6 heteroatoms. The van der Waals surface area contributed by atoms with E-state index < -0.39 is 0 Å². The summed E-state index contributed by atoms with van der Waals surface area (Å²) < 4.78 is 0. The normalized spacial score (nSPS) is 1.33. The van der Waals surface area contributed by atoms with E-state index in [0.717, 1.165) is 5.34 Å². The number of nitrogens with zero attached hydrogens (tertiary/aromatic N) is 1. The first-order valence-electron chi connectivity index (χ1n) is 0.365. The molecule has 0 rings (SSSR count). The summed E-state index contributed by atoms with van der Waals surface area (Å²) in [4.78, 5) is 8.00. The molecular weight excluding hydrogens is 455 g/mol. The van der Waals surface area contributed by atoms with Gasteiger partial charge in [0, 0.05) is 86.5 Å². The van der Waals surface area contributed by atoms with E-state index in [1.54, 1.807) is 0 Å². The monoisotopic (exact) mass is 464 g/mol. The van der Waals surface area contributed by atoms with Crippen LogP contribution in [-0.4, -0.2) is 0 Å². The topological polar surface area (TPSA) is 52.5 Å². The van der Waals surface area contributed by atoms with E-state index in [0.29, 0.717) is 0 Å². The van der Waals surface area contributed by atoms with E-state index in [1.807, 2.05) is 0 Å². The van der Waals surface area contributed by atoms with Crippen molar-refractivity contribution in [3.63, 3.8) is 0 Å². The number of rotatable bonds is 0. The van der Waals surface area contributed by atoms with E-state index in [9.17, 15) is 0 Å². The van der Waals surface area contributed by atoms with E-state index in [1.165, 1.54) is 0 Å². The molecule has 0 saturated carbocycles. The fraction of sp³-hybridized carbons (Fsp3) is 0. The van der Waals surface area contributed by atoms with Gasteiger partial charge in [0.2, 0.25) is 0 Å². The fourth-order valence-electron chi connectivity index (χ4n) is 0. The summed E-state index contributed by atoms with van der Waals surface area (Å²) in [5, 5.41) is 9.00. The summed E-state index contributed by atoms with van der Waals surface area (Å²) in [6.07, 6.45) is 0. The molecule has 0 atom stereocenters. The zero-order valence-electron chi connectivity index (χ0n) is 5.73. The van der Waals surface area contributed by atoms with E-state index in [2.05, 4.69) is 0 Å². The second kappa shape index (κ2) is 81.9. The molecule has 0 N–H and O–H groups in total. The second-order valence-electron chi connectivity index (χ2n) is 0.0745. The summed E-state index contributed by atoms with van der Waals surface area (Å²) in [7, 11) is 0. The van der Waals surface area contributed by atoms with E-state index >= 15 is 0 Å². The first kappa shape index (κ1) is 64.9. The quantitative estimate of drug-likeness (QED) is 0.311. The minimum absolute atomic E-state index is 0. The average Bonchev–Trinajstić information content (AvgIpc) is 0.918. The Morgan fingerprint density at radius 2 is 1.00 bits per heavy atom. The zero-order valence-corrected chi connectivity index (χ0v) is 13.7. The van der Waals surface area contributed by atoms with Crippen LogP contribution in [0.5, 0.6) is 0 Å². The SMILES string of the molecule is O=N[O-].[CH3-].[CH3-].[CH3-].[Pt].[Y].[Y]. The third kappa shape index (κ3) is 134. The van der Waals surface area contributed by atoms with Crippen molar-refractivity contribution in [1.29, 1.82) is 0 Å². The molecule has 0 aromatic carbocycles. The molecule has 0 amide bonds. The Hall–Kier alpha value is 2.30. The molecule has 0 aliphatic heterocycles. The summed E-state index contributed by atoms with van der Waals surface area (Å²) in [5.74, 6) is 0. The molecule has 0 bridgehead atoms. The third-order valence-electron chi connectivity index (χ3n) is 0. The molecule has 0 saturated heterocycles. The number of hydrogen-bond acceptors (Lipinski definition) is 3. The summed E-state index contributed by atoms with van der Waals surface area (Å²) in [5.41, 5.74) is 0. The van der Waals surface area contributed by atoms with Crippen molar-refractivity contribution in [2.45, 2.75) is 0 Å². The molecule has 0 fully saturated rings. The maximum absolute atomic E-state index is 8.00. The van der Waals surface area contributed by atoms with Crippen LogP contribution in [0.4, 0.5) is 0 Å². The average molecular weight is 464 g/mol. The molecule has 9 heavy (non-hydrogen) atoms. The first-order valence-corrected chi connectivity index (χ1v) is 0.365. The van der Waals surface area contributed by atoms with Crippen LogP contribution in [0.25, 0.3) is 0 Å². The molecule has 0 spiro atoms. The molecule has 0 aromatic heterocycles. The minimum atomic E-state index is 0. The van der Waals surface area contributed by atoms with Crippen molar-refractivity contribution in [1.82, 2.24) is 0 Å². The van der Waals surface area contributed by atoms with Gasteiger partial charge in [-0.05, 0) is 0 Å². The van der Waals surface area contributed by atoms with Crippen LogP contribution in [0, 0.1) is 32.4 Å². The maximum Gasteiger partial charge on any atom is 0 e. The Morgan fingerprint density at radius 3 is 1.00 bits per heavy atom. The van der Waals surface area contributed by atoms with Gasteiger partial charge < -0.3 is 32.4 Å². The summed E-state index contributed by atoms with van der Waals surface area (Å²) in [6.45, 7) is 0. The zero-order chi connectivity index (χ0) is 2.71. The van der Waals surface area contributed by atoms with Crippen molar-refractivity contribution >= 4 is 0 Å². The van der Waals surface area contributed by atoms with Crippen molar-refractivity contribution in [2.75, 3.05) is 0 Å². The van der Waals surface area contributed by atoms with Crippen LogP contribution in [-0.2, 0) is 86.5 Å². The van der Waals surface area contributed by atoms with Crippen LogP contribution in [0.2, 0.25) is 0 Å². The Kier molecular flexibility index (Phi) is 590. The smallest absolute Gasteiger partial charge is 0 e. The van der Waals surface area contributed by atoms with E-state index in [4.69, 9.17) is 10.1 Å². The minimum Gasteiger partial charge on any atom is -0.444 e. The van der Waals surface area contributed by atoms with Gasteiger partial charge in [-0.1, -0.05) is 0 Å². The largest absolute Gasteiger partial charge is 0.444 e. The van der Waals surface area contributed by atoms with Gasteiger partial charge in [-0.3, -0.25) is 0 Å². The van der Waals surface area contributed by atoms with Crippen LogP contribution >= 0.6 is 0 Å². The molecule has 0 aliphatic rings. The number of hydrogen-bond donors (Lipinski definition) is 0. The van der Waals surface area contributed by atoms with Gasteiger partial charge in [0.25, 0.3) is 0 Å². The van der Waals surface area contributed by atoms with Crippen LogP contribution < -0.4 is 0 Å². The first-order chi connectivity index (χ1) is 1.41. The summed E-state index contributed by atoms with van der Waals surface area (Å²) in [6, 6.07) is 0. The van der Waals surface area contributed by atoms with Gasteiger partial charge in [0.15, 0.2) is 0 Å². The summed E-state index contributed by atoms with van der Waals surface area (Å²) >= 11 is 0. The van der Waals surface area contributed by atoms with Crippen molar-refractivity contribution in [3.05, 3.63) is 32.4 Å². The molecule has 58 valence electrons. The molecule has 0 unspecified atom stereocenters. The van der Waals surface area contributed by atoms with Gasteiger partial charge >= 0.3 is 0 Å². The maximum atomic E-state index is 8.00. The third-order valence-corrected chi connectivity index (χ3v) is 0. The van der Waals surface area contributed by atoms with Gasteiger partial charge in [-0.2, -0.15) is 0 Å². The Labute approximate surface area is 122 Å². The fourth-order valence-corrected chi connectivity index (χ4v) is 0. The van der Waals surface area contributed by atoms with Gasteiger partial charge in [0.05, 0.1) is 0 Å². The van der Waals surface area contributed by atoms with Crippen molar-refractivity contribution in [3.8, 4) is 0 Å². The Morgan fingerprint density at radius 1 is 1.00 bits per heavy atom. The molecule has 3 nitrogen and oxygen atoms in total. The van der Waals surface area contributed by atoms with Gasteiger partial charge in [-0.25, -0.2) is 0 Å². The van der Waals surface area contributed by atoms with Crippen LogP contribution in [0.3, 0.4) is 0 Å². The standard InChI is InChI=1S/3CH3.HNO2.Pt.2Y/c;;;2-1-3;;;/h3*1H3;(H,2,3);;;/q3*-1;;;;/p-1. The Bertz CT molecular complexity index is 27.3. The van der Waals surface area contributed by atoms with Gasteiger partial charge in [0.1, 0.15) is 0 Å². The molecule has 0 heterocycles. The van der Waals surface area contributed by atoms with Gasteiger partial charge in [-0.15, -0.1) is 5.34 Å². The second-order valence-corrected chi connectivity index (χ2v) is 0.0745. The predicted molar refractivity (Wildman–Crippen MR) is 28.4 cm³/mol. The van der Waals surface area contributed by atoms with Crippen molar-refractivity contribution in [2.24, 2.45) is 5.34 Å². The molecule has 2 radical (unpaired) electrons. The molecular formula is C3H9NO2PtY2-4. The molecule has 0 aliphatic carbocycles. The van der Waals surface area contributed by atoms with Crippen LogP contribution in [0.15, 0.2) is 5.34 Å². The predicted octanol–water partition coefficient (Wildman–Crippen LogP) is 1.59. The Balaban J connectivity index is -0.00000000133. The van der Waals surface area contributed by atoms with Crippen LogP contribution in [0.1, 0.15) is 0 Å². The van der Waals surface area contributed by atoms with E-state index in [-0.39, 0.29) is 109 Å². The van der Waals surface area contributed by atoms with Crippen molar-refractivity contribution < 1.29 is 86.5 Å².